The van der Waals surface area contributed by atoms with Crippen molar-refractivity contribution in [3.05, 3.63) is 53.9 Å². The molecular formula is C24H34N10O3. The maximum Gasteiger partial charge on any atom is 0.272 e. The Labute approximate surface area is 215 Å². The molecule has 0 aliphatic carbocycles. The number of hydrogen-bond acceptors (Lipinski definition) is 5. The third-order valence-electron chi connectivity index (χ3n) is 5.66. The maximum atomic E-state index is 12.9. The van der Waals surface area contributed by atoms with Gasteiger partial charge in [0.25, 0.3) is 17.7 Å². The van der Waals surface area contributed by atoms with Gasteiger partial charge in [0.15, 0.2) is 5.96 Å². The van der Waals surface area contributed by atoms with E-state index in [1.165, 1.54) is 0 Å². The third-order valence-corrected chi connectivity index (χ3v) is 5.66. The van der Waals surface area contributed by atoms with E-state index in [1.807, 2.05) is 6.92 Å². The molecule has 198 valence electrons. The van der Waals surface area contributed by atoms with Crippen LogP contribution in [0.4, 0.5) is 17.1 Å². The molecule has 0 radical (unpaired) electrons. The largest absolute Gasteiger partial charge is 0.397 e. The zero-order valence-electron chi connectivity index (χ0n) is 21.8. The van der Waals surface area contributed by atoms with E-state index >= 15 is 0 Å². The summed E-state index contributed by atoms with van der Waals surface area (Å²) in [4.78, 5) is 42.2. The molecule has 1 atom stereocenters. The van der Waals surface area contributed by atoms with Crippen LogP contribution in [-0.4, -0.2) is 64.1 Å². The molecule has 0 saturated heterocycles. The second-order valence-corrected chi connectivity index (χ2v) is 8.71. The Kier molecular flexibility index (Phi) is 8.27. The molecule has 3 amide bonds. The van der Waals surface area contributed by atoms with E-state index in [0.29, 0.717) is 46.6 Å². The Morgan fingerprint density at radius 2 is 1.35 bits per heavy atom. The number of guanidine groups is 1. The molecule has 0 aromatic carbocycles. The number of rotatable bonds is 8. The van der Waals surface area contributed by atoms with Gasteiger partial charge in [-0.2, -0.15) is 0 Å². The molecule has 3 rings (SSSR count). The molecule has 3 aromatic rings. The summed E-state index contributed by atoms with van der Waals surface area (Å²) in [5, 5.41) is 14.5. The van der Waals surface area contributed by atoms with Gasteiger partial charge in [0.2, 0.25) is 0 Å². The third kappa shape index (κ3) is 6.51. The number of carbonyl (C=O) groups excluding carboxylic acids is 3. The molecule has 13 heteroatoms. The quantitative estimate of drug-likeness (QED) is 0.193. The van der Waals surface area contributed by atoms with Crippen molar-refractivity contribution in [1.82, 2.24) is 29.7 Å². The first-order valence-electron chi connectivity index (χ1n) is 11.6. The number of carbonyl (C=O) groups is 3. The van der Waals surface area contributed by atoms with Crippen LogP contribution < -0.4 is 32.3 Å². The number of aryl methyl sites for hydroxylation is 3. The van der Waals surface area contributed by atoms with Gasteiger partial charge in [0, 0.05) is 66.4 Å². The number of nitrogen functional groups attached to an aromatic ring is 1. The van der Waals surface area contributed by atoms with Crippen molar-refractivity contribution in [2.75, 3.05) is 37.0 Å². The summed E-state index contributed by atoms with van der Waals surface area (Å²) in [7, 11) is 8.57. The summed E-state index contributed by atoms with van der Waals surface area (Å²) < 4.78 is 4.87. The Morgan fingerprint density at radius 1 is 0.865 bits per heavy atom. The summed E-state index contributed by atoms with van der Waals surface area (Å²) in [6, 6.07) is 4.69. The minimum absolute atomic E-state index is 0.0550. The topological polar surface area (TPSA) is 165 Å². The van der Waals surface area contributed by atoms with Crippen LogP contribution in [0.2, 0.25) is 0 Å². The van der Waals surface area contributed by atoms with E-state index < -0.39 is 0 Å². The van der Waals surface area contributed by atoms with Crippen LogP contribution in [-0.2, 0) is 21.1 Å². The first-order chi connectivity index (χ1) is 17.5. The Balaban J connectivity index is 1.62. The van der Waals surface area contributed by atoms with Crippen LogP contribution in [0, 0.1) is 0 Å². The molecule has 0 aliphatic rings. The second-order valence-electron chi connectivity index (χ2n) is 8.71. The molecule has 7 N–H and O–H groups in total. The maximum absolute atomic E-state index is 12.9. The number of nitrogens with two attached hydrogens (primary N) is 1. The Morgan fingerprint density at radius 3 is 1.81 bits per heavy atom. The number of nitrogens with one attached hydrogen (secondary N) is 5. The highest BCUT2D eigenvalue weighted by Crippen LogP contribution is 2.19. The number of amides is 3. The van der Waals surface area contributed by atoms with Gasteiger partial charge in [-0.15, -0.1) is 0 Å². The van der Waals surface area contributed by atoms with Gasteiger partial charge in [-0.1, -0.05) is 0 Å². The van der Waals surface area contributed by atoms with E-state index in [-0.39, 0.29) is 23.8 Å². The lowest BCUT2D eigenvalue weighted by atomic mass is 10.3. The van der Waals surface area contributed by atoms with Gasteiger partial charge in [-0.25, -0.2) is 0 Å². The summed E-state index contributed by atoms with van der Waals surface area (Å²) in [5.41, 5.74) is 8.27. The van der Waals surface area contributed by atoms with Crippen LogP contribution >= 0.6 is 0 Å². The second kappa shape index (κ2) is 11.4. The fraction of sp³-hybridized carbons (Fsp3) is 0.333. The lowest BCUT2D eigenvalue weighted by Crippen LogP contribution is -2.46. The number of nitrogens with zero attached hydrogens (tertiary/aromatic N) is 4. The molecule has 3 aromatic heterocycles. The molecule has 0 spiro atoms. The van der Waals surface area contributed by atoms with Crippen LogP contribution in [0.5, 0.6) is 0 Å². The molecular weight excluding hydrogens is 476 g/mol. The van der Waals surface area contributed by atoms with Crippen LogP contribution in [0.3, 0.4) is 0 Å². The Bertz CT molecular complexity index is 1330. The average molecular weight is 511 g/mol. The summed E-state index contributed by atoms with van der Waals surface area (Å²) in [5.74, 6) is -0.385. The first-order valence-corrected chi connectivity index (χ1v) is 11.6. The summed E-state index contributed by atoms with van der Waals surface area (Å²) in [6.45, 7) is 2.30. The fourth-order valence-corrected chi connectivity index (χ4v) is 3.79. The van der Waals surface area contributed by atoms with Gasteiger partial charge < -0.3 is 46.0 Å². The average Bonchev–Trinajstić information content (AvgIpc) is 3.51. The lowest BCUT2D eigenvalue weighted by Gasteiger charge is -2.17. The van der Waals surface area contributed by atoms with Crippen molar-refractivity contribution in [1.29, 1.82) is 0 Å². The molecule has 1 unspecified atom stereocenters. The lowest BCUT2D eigenvalue weighted by molar-refractivity contribution is 0.0941. The summed E-state index contributed by atoms with van der Waals surface area (Å²) >= 11 is 0. The van der Waals surface area contributed by atoms with Crippen molar-refractivity contribution in [3.8, 4) is 0 Å². The monoisotopic (exact) mass is 510 g/mol. The van der Waals surface area contributed by atoms with Crippen LogP contribution in [0.15, 0.2) is 41.8 Å². The first kappa shape index (κ1) is 26.9. The summed E-state index contributed by atoms with van der Waals surface area (Å²) in [6.07, 6.45) is 4.94. The number of aromatic nitrogens is 3. The zero-order valence-corrected chi connectivity index (χ0v) is 21.8. The van der Waals surface area contributed by atoms with Crippen molar-refractivity contribution in [3.63, 3.8) is 0 Å². The van der Waals surface area contributed by atoms with E-state index in [4.69, 9.17) is 5.73 Å². The highest BCUT2D eigenvalue weighted by atomic mass is 16.2. The molecule has 3 heterocycles. The highest BCUT2D eigenvalue weighted by molar-refractivity contribution is 6.07. The molecule has 13 nitrogen and oxygen atoms in total. The van der Waals surface area contributed by atoms with Gasteiger partial charge in [0.1, 0.15) is 17.1 Å². The zero-order chi connectivity index (χ0) is 27.3. The highest BCUT2D eigenvalue weighted by Gasteiger charge is 2.18. The number of anilines is 3. The van der Waals surface area contributed by atoms with Gasteiger partial charge in [-0.05, 0) is 25.1 Å². The molecule has 0 saturated carbocycles. The van der Waals surface area contributed by atoms with Crippen molar-refractivity contribution < 1.29 is 14.4 Å². The van der Waals surface area contributed by atoms with Crippen molar-refractivity contribution in [2.24, 2.45) is 26.1 Å². The van der Waals surface area contributed by atoms with E-state index in [2.05, 4.69) is 31.6 Å². The van der Waals surface area contributed by atoms with Crippen LogP contribution in [0.25, 0.3) is 0 Å². The fourth-order valence-electron chi connectivity index (χ4n) is 3.79. The predicted octanol–water partition coefficient (Wildman–Crippen LogP) is 0.702. The van der Waals surface area contributed by atoms with E-state index in [0.717, 1.165) is 0 Å². The van der Waals surface area contributed by atoms with Gasteiger partial charge >= 0.3 is 0 Å². The molecule has 0 aliphatic heterocycles. The molecule has 37 heavy (non-hydrogen) atoms. The SMILES string of the molecule is CN=C(NC)NC(C)CNC(=O)c1cc(NC(=O)c2cc(NC(=O)c3cc(N)cn3C)cn2C)cn1C. The van der Waals surface area contributed by atoms with Crippen molar-refractivity contribution in [2.45, 2.75) is 13.0 Å². The minimum Gasteiger partial charge on any atom is -0.397 e. The predicted molar refractivity (Wildman–Crippen MR) is 144 cm³/mol. The van der Waals surface area contributed by atoms with Gasteiger partial charge in [0.05, 0.1) is 17.1 Å². The minimum atomic E-state index is -0.389. The smallest absolute Gasteiger partial charge is 0.272 e. The number of hydrogen-bond donors (Lipinski definition) is 6. The van der Waals surface area contributed by atoms with Crippen molar-refractivity contribution >= 4 is 40.7 Å². The standard InChI is InChI=1S/C24H34N10O3/c1-14(29-24(26-2)27-3)10-28-21(35)19-8-16(12-33(19)5)31-23(37)20-9-17(13-34(20)6)30-22(36)18-7-15(25)11-32(18)4/h7-9,11-14H,10,25H2,1-6H3,(H,28,35)(H,30,36)(H,31,37)(H2,26,27,29). The Hall–Kier alpha value is -4.68. The van der Waals surface area contributed by atoms with E-state index in [1.54, 1.807) is 85.7 Å². The van der Waals surface area contributed by atoms with Crippen LogP contribution in [0.1, 0.15) is 38.4 Å². The van der Waals surface area contributed by atoms with Gasteiger partial charge in [-0.3, -0.25) is 19.4 Å². The molecule has 0 bridgehead atoms. The molecule has 0 fully saturated rings. The normalized spacial score (nSPS) is 12.1. The van der Waals surface area contributed by atoms with E-state index in [9.17, 15) is 14.4 Å². The number of aliphatic imine (C=N–C) groups is 1.